The van der Waals surface area contributed by atoms with Gasteiger partial charge in [-0.1, -0.05) is 164 Å². The summed E-state index contributed by atoms with van der Waals surface area (Å²) < 4.78 is 6.71. The minimum Gasteiger partial charge on any atom is -0.455 e. The van der Waals surface area contributed by atoms with Crippen LogP contribution in [-0.2, 0) is 0 Å². The van der Waals surface area contributed by atoms with Gasteiger partial charge in [-0.05, 0) is 85.8 Å². The van der Waals surface area contributed by atoms with Gasteiger partial charge in [0.05, 0.1) is 11.1 Å². The molecule has 10 rings (SSSR count). The summed E-state index contributed by atoms with van der Waals surface area (Å²) >= 11 is 0. The summed E-state index contributed by atoms with van der Waals surface area (Å²) in [7, 11) is 0. The highest BCUT2D eigenvalue weighted by Gasteiger charge is 2.21. The van der Waals surface area contributed by atoms with Crippen molar-refractivity contribution in [3.63, 3.8) is 0 Å². The van der Waals surface area contributed by atoms with E-state index < -0.39 is 0 Å². The fourth-order valence-corrected chi connectivity index (χ4v) is 7.82. The molecular weight excluding hydrogens is 631 g/mol. The molecule has 0 saturated carbocycles. The van der Waals surface area contributed by atoms with E-state index in [1.807, 2.05) is 0 Å². The molecule has 52 heavy (non-hydrogen) atoms. The van der Waals surface area contributed by atoms with Crippen LogP contribution in [0.25, 0.3) is 76.9 Å². The number of hydrogen-bond acceptors (Lipinski definition) is 2. The van der Waals surface area contributed by atoms with Gasteiger partial charge in [0.25, 0.3) is 0 Å². The number of nitrogens with zero attached hydrogens (tertiary/aromatic N) is 1. The van der Waals surface area contributed by atoms with Crippen molar-refractivity contribution in [2.24, 2.45) is 0 Å². The first-order valence-corrected chi connectivity index (χ1v) is 17.8. The molecule has 1 aromatic heterocycles. The van der Waals surface area contributed by atoms with Gasteiger partial charge in [-0.2, -0.15) is 0 Å². The molecule has 0 spiro atoms. The second-order valence-electron chi connectivity index (χ2n) is 13.3. The highest BCUT2D eigenvalue weighted by atomic mass is 16.3. The number of benzene rings is 9. The van der Waals surface area contributed by atoms with Crippen molar-refractivity contribution in [3.05, 3.63) is 200 Å². The average Bonchev–Trinajstić information content (AvgIpc) is 3.61. The summed E-state index contributed by atoms with van der Waals surface area (Å²) in [4.78, 5) is 2.37. The van der Waals surface area contributed by atoms with Crippen LogP contribution >= 0.6 is 0 Å². The standard InChI is InChI=1S/C50H33NO/c1-2-12-36(13-3-1)45-22-10-23-46-49-47(24-11-25-48(49)52-50(45)46)51(39-30-26-37(27-31-39)43-20-8-16-34-14-4-6-18-41(34)43)40-32-28-38(29-33-40)44-21-9-17-35-15-5-7-19-42(35)44/h1-33H. The second kappa shape index (κ2) is 12.5. The first kappa shape index (κ1) is 30.0. The number of para-hydroxylation sites is 1. The molecule has 1 heterocycles. The molecule has 0 amide bonds. The maximum Gasteiger partial charge on any atom is 0.143 e. The van der Waals surface area contributed by atoms with Crippen LogP contribution in [0.5, 0.6) is 0 Å². The lowest BCUT2D eigenvalue weighted by Crippen LogP contribution is -2.10. The van der Waals surface area contributed by atoms with Crippen molar-refractivity contribution in [3.8, 4) is 33.4 Å². The smallest absolute Gasteiger partial charge is 0.143 e. The Morgan fingerprint density at radius 2 is 0.788 bits per heavy atom. The number of fused-ring (bicyclic) bond motifs is 5. The van der Waals surface area contributed by atoms with Crippen LogP contribution in [0.15, 0.2) is 205 Å². The fraction of sp³-hybridized carbons (Fsp3) is 0. The zero-order chi connectivity index (χ0) is 34.4. The molecule has 0 saturated heterocycles. The molecular formula is C50H33NO. The van der Waals surface area contributed by atoms with Crippen LogP contribution in [0.2, 0.25) is 0 Å². The molecule has 0 aliphatic rings. The van der Waals surface area contributed by atoms with Gasteiger partial charge in [-0.3, -0.25) is 0 Å². The first-order valence-electron chi connectivity index (χ1n) is 17.8. The Bertz CT molecular complexity index is 2750. The largest absolute Gasteiger partial charge is 0.455 e. The van der Waals surface area contributed by atoms with Crippen molar-refractivity contribution in [1.29, 1.82) is 0 Å². The summed E-state index contributed by atoms with van der Waals surface area (Å²) in [6, 6.07) is 71.6. The normalized spacial score (nSPS) is 11.5. The van der Waals surface area contributed by atoms with E-state index in [4.69, 9.17) is 4.42 Å². The zero-order valence-electron chi connectivity index (χ0n) is 28.4. The highest BCUT2D eigenvalue weighted by Crippen LogP contribution is 2.45. The Labute approximate surface area is 302 Å². The Kier molecular flexibility index (Phi) is 7.18. The Hall–Kier alpha value is -6.90. The number of anilines is 3. The van der Waals surface area contributed by atoms with E-state index in [9.17, 15) is 0 Å². The maximum atomic E-state index is 6.71. The van der Waals surface area contributed by atoms with Gasteiger partial charge in [0, 0.05) is 22.3 Å². The predicted octanol–water partition coefficient (Wildman–Crippen LogP) is 14.4. The third-order valence-electron chi connectivity index (χ3n) is 10.3. The summed E-state index contributed by atoms with van der Waals surface area (Å²) in [6.07, 6.45) is 0. The van der Waals surface area contributed by atoms with E-state index in [0.717, 1.165) is 50.1 Å². The van der Waals surface area contributed by atoms with E-state index in [1.54, 1.807) is 0 Å². The molecule has 0 fully saturated rings. The van der Waals surface area contributed by atoms with Gasteiger partial charge in [-0.25, -0.2) is 0 Å². The average molecular weight is 664 g/mol. The summed E-state index contributed by atoms with van der Waals surface area (Å²) in [5, 5.41) is 7.17. The lowest BCUT2D eigenvalue weighted by molar-refractivity contribution is 0.670. The van der Waals surface area contributed by atoms with Crippen molar-refractivity contribution < 1.29 is 4.42 Å². The SMILES string of the molecule is c1ccc(-c2cccc3c2oc2cccc(N(c4ccc(-c5cccc6ccccc56)cc4)c4ccc(-c5cccc6ccccc56)cc4)c23)cc1. The minimum absolute atomic E-state index is 0.862. The van der Waals surface area contributed by atoms with Gasteiger partial charge in [0.15, 0.2) is 0 Å². The molecule has 0 unspecified atom stereocenters. The molecule has 0 N–H and O–H groups in total. The van der Waals surface area contributed by atoms with Crippen molar-refractivity contribution >= 4 is 60.5 Å². The van der Waals surface area contributed by atoms with E-state index in [0.29, 0.717) is 0 Å². The maximum absolute atomic E-state index is 6.71. The number of furan rings is 1. The third kappa shape index (κ3) is 5.04. The Balaban J connectivity index is 1.15. The summed E-state index contributed by atoms with van der Waals surface area (Å²) in [5.41, 5.74) is 12.0. The molecule has 0 aliphatic heterocycles. The van der Waals surface area contributed by atoms with Gasteiger partial charge in [0.2, 0.25) is 0 Å². The molecule has 9 aromatic carbocycles. The molecule has 0 atom stereocenters. The van der Waals surface area contributed by atoms with Gasteiger partial charge < -0.3 is 9.32 Å². The van der Waals surface area contributed by atoms with Crippen LogP contribution < -0.4 is 4.90 Å². The molecule has 0 bridgehead atoms. The van der Waals surface area contributed by atoms with Crippen LogP contribution in [-0.4, -0.2) is 0 Å². The molecule has 2 nitrogen and oxygen atoms in total. The van der Waals surface area contributed by atoms with Crippen LogP contribution in [0, 0.1) is 0 Å². The molecule has 10 aromatic rings. The first-order chi connectivity index (χ1) is 25.8. The lowest BCUT2D eigenvalue weighted by atomic mass is 9.97. The summed E-state index contributed by atoms with van der Waals surface area (Å²) in [6.45, 7) is 0. The number of hydrogen-bond donors (Lipinski definition) is 0. The van der Waals surface area contributed by atoms with Crippen LogP contribution in [0.4, 0.5) is 17.1 Å². The number of rotatable bonds is 6. The van der Waals surface area contributed by atoms with E-state index in [-0.39, 0.29) is 0 Å². The van der Waals surface area contributed by atoms with E-state index in [2.05, 4.69) is 205 Å². The molecule has 0 aliphatic carbocycles. The lowest BCUT2D eigenvalue weighted by Gasteiger charge is -2.27. The van der Waals surface area contributed by atoms with Gasteiger partial charge in [-0.15, -0.1) is 0 Å². The van der Waals surface area contributed by atoms with Gasteiger partial charge >= 0.3 is 0 Å². The van der Waals surface area contributed by atoms with Crippen molar-refractivity contribution in [2.45, 2.75) is 0 Å². The van der Waals surface area contributed by atoms with E-state index >= 15 is 0 Å². The Morgan fingerprint density at radius 1 is 0.327 bits per heavy atom. The molecule has 0 radical (unpaired) electrons. The Morgan fingerprint density at radius 3 is 1.40 bits per heavy atom. The fourth-order valence-electron chi connectivity index (χ4n) is 7.82. The monoisotopic (exact) mass is 663 g/mol. The van der Waals surface area contributed by atoms with E-state index in [1.165, 1.54) is 43.8 Å². The summed E-state index contributed by atoms with van der Waals surface area (Å²) in [5.74, 6) is 0. The molecule has 2 heteroatoms. The third-order valence-corrected chi connectivity index (χ3v) is 10.3. The van der Waals surface area contributed by atoms with Crippen molar-refractivity contribution in [1.82, 2.24) is 0 Å². The topological polar surface area (TPSA) is 16.4 Å². The zero-order valence-corrected chi connectivity index (χ0v) is 28.4. The van der Waals surface area contributed by atoms with Gasteiger partial charge in [0.1, 0.15) is 11.2 Å². The van der Waals surface area contributed by atoms with Crippen molar-refractivity contribution in [2.75, 3.05) is 4.90 Å². The van der Waals surface area contributed by atoms with Crippen LogP contribution in [0.1, 0.15) is 0 Å². The minimum atomic E-state index is 0.862. The quantitative estimate of drug-likeness (QED) is 0.176. The predicted molar refractivity (Wildman–Crippen MR) is 220 cm³/mol. The second-order valence-corrected chi connectivity index (χ2v) is 13.3. The van der Waals surface area contributed by atoms with Crippen LogP contribution in [0.3, 0.4) is 0 Å². The molecule has 244 valence electrons. The highest BCUT2D eigenvalue weighted by molar-refractivity contribution is 6.16.